The van der Waals surface area contributed by atoms with Crippen LogP contribution in [0.1, 0.15) is 27.6 Å². The van der Waals surface area contributed by atoms with E-state index in [1.807, 2.05) is 11.2 Å². The minimum absolute atomic E-state index is 0.177. The Kier molecular flexibility index (Phi) is 4.12. The summed E-state index contributed by atoms with van der Waals surface area (Å²) in [5.41, 5.74) is 0.588. The van der Waals surface area contributed by atoms with Gasteiger partial charge in [-0.05, 0) is 31.0 Å². The lowest BCUT2D eigenvalue weighted by Crippen LogP contribution is -2.29. The van der Waals surface area contributed by atoms with E-state index in [2.05, 4.69) is 5.10 Å². The van der Waals surface area contributed by atoms with E-state index in [0.29, 0.717) is 25.3 Å². The fourth-order valence-electron chi connectivity index (χ4n) is 2.57. The van der Waals surface area contributed by atoms with Gasteiger partial charge in [-0.1, -0.05) is 0 Å². The van der Waals surface area contributed by atoms with Crippen LogP contribution < -0.4 is 0 Å². The summed E-state index contributed by atoms with van der Waals surface area (Å²) < 4.78 is 43.1. The van der Waals surface area contributed by atoms with Crippen LogP contribution in [-0.2, 0) is 26.3 Å². The molecule has 0 unspecified atom stereocenters. The molecule has 0 radical (unpaired) electrons. The third-order valence-electron chi connectivity index (χ3n) is 3.99. The number of alkyl halides is 3. The number of fused-ring (bicyclic) bond motifs is 1. The summed E-state index contributed by atoms with van der Waals surface area (Å²) in [4.78, 5) is 12.0. The van der Waals surface area contributed by atoms with Gasteiger partial charge in [0.25, 0.3) is 0 Å². The Bertz CT molecular complexity index is 797. The molecule has 1 N–H and O–H groups in total. The van der Waals surface area contributed by atoms with Crippen molar-refractivity contribution in [2.45, 2.75) is 31.1 Å². The van der Waals surface area contributed by atoms with E-state index < -0.39 is 17.8 Å². The van der Waals surface area contributed by atoms with E-state index in [1.165, 1.54) is 16.6 Å². The molecular weight excluding hydrogens is 345 g/mol. The van der Waals surface area contributed by atoms with E-state index in [-0.39, 0.29) is 5.69 Å². The highest BCUT2D eigenvalue weighted by molar-refractivity contribution is 7.97. The molecule has 0 aliphatic carbocycles. The molecule has 2 aromatic heterocycles. The molecular formula is C14H15F3N4O2S. The molecule has 0 spiro atoms. The summed E-state index contributed by atoms with van der Waals surface area (Å²) in [6.45, 7) is 3.00. The fourth-order valence-corrected chi connectivity index (χ4v) is 3.65. The quantitative estimate of drug-likeness (QED) is 0.853. The first kappa shape index (κ1) is 16.9. The van der Waals surface area contributed by atoms with Crippen molar-refractivity contribution in [2.75, 3.05) is 6.54 Å². The highest BCUT2D eigenvalue weighted by Crippen LogP contribution is 2.33. The smallest absolute Gasteiger partial charge is 0.435 e. The van der Waals surface area contributed by atoms with Gasteiger partial charge in [-0.15, -0.1) is 0 Å². The molecule has 1 aliphatic heterocycles. The standard InChI is InChI=1S/C14H15F3N4O2S/c1-8-11(6-10(13(22)23)19(8)2)24-20-3-4-21-9(7-20)5-12(18-21)14(15,16)17/h5-6H,3-4,7H2,1-2H3,(H,22,23). The Labute approximate surface area is 140 Å². The Morgan fingerprint density at radius 2 is 2.04 bits per heavy atom. The van der Waals surface area contributed by atoms with Gasteiger partial charge in [-0.3, -0.25) is 4.68 Å². The summed E-state index contributed by atoms with van der Waals surface area (Å²) in [6.07, 6.45) is -4.45. The van der Waals surface area contributed by atoms with Crippen LogP contribution in [-0.4, -0.2) is 36.3 Å². The van der Waals surface area contributed by atoms with Gasteiger partial charge in [0.1, 0.15) is 5.69 Å². The maximum Gasteiger partial charge on any atom is 0.435 e. The van der Waals surface area contributed by atoms with Crippen LogP contribution in [0.25, 0.3) is 0 Å². The van der Waals surface area contributed by atoms with Crippen molar-refractivity contribution in [3.8, 4) is 0 Å². The summed E-state index contributed by atoms with van der Waals surface area (Å²) in [5.74, 6) is -1.01. The monoisotopic (exact) mass is 360 g/mol. The average molecular weight is 360 g/mol. The number of carboxylic acids is 1. The second kappa shape index (κ2) is 5.85. The molecule has 0 saturated carbocycles. The molecule has 130 valence electrons. The van der Waals surface area contributed by atoms with Crippen molar-refractivity contribution in [2.24, 2.45) is 7.05 Å². The van der Waals surface area contributed by atoms with Gasteiger partial charge in [-0.25, -0.2) is 9.10 Å². The maximum absolute atomic E-state index is 12.7. The third kappa shape index (κ3) is 3.03. The number of halogens is 3. The number of carbonyl (C=O) groups is 1. The molecule has 3 heterocycles. The van der Waals surface area contributed by atoms with Crippen molar-refractivity contribution >= 4 is 17.9 Å². The Morgan fingerprint density at radius 3 is 2.62 bits per heavy atom. The number of carboxylic acid groups (broad SMARTS) is 1. The Morgan fingerprint density at radius 1 is 1.33 bits per heavy atom. The second-order valence-corrected chi connectivity index (χ2v) is 6.68. The molecule has 0 amide bonds. The second-order valence-electron chi connectivity index (χ2n) is 5.54. The molecule has 0 fully saturated rings. The molecule has 6 nitrogen and oxygen atoms in total. The topological polar surface area (TPSA) is 63.3 Å². The third-order valence-corrected chi connectivity index (χ3v) is 5.17. The molecule has 10 heteroatoms. The van der Waals surface area contributed by atoms with E-state index in [1.54, 1.807) is 17.7 Å². The SMILES string of the molecule is Cc1c(SN2CCn3nc(C(F)(F)F)cc3C2)cc(C(=O)O)n1C. The molecule has 0 atom stereocenters. The zero-order valence-corrected chi connectivity index (χ0v) is 13.8. The number of rotatable bonds is 3. The maximum atomic E-state index is 12.7. The van der Waals surface area contributed by atoms with Crippen LogP contribution in [0, 0.1) is 6.92 Å². The van der Waals surface area contributed by atoms with Crippen molar-refractivity contribution in [1.29, 1.82) is 0 Å². The fraction of sp³-hybridized carbons (Fsp3) is 0.429. The van der Waals surface area contributed by atoms with E-state index in [9.17, 15) is 18.0 Å². The van der Waals surface area contributed by atoms with Gasteiger partial charge in [0.05, 0.1) is 18.8 Å². The largest absolute Gasteiger partial charge is 0.477 e. The molecule has 0 bridgehead atoms. The van der Waals surface area contributed by atoms with Crippen LogP contribution >= 0.6 is 11.9 Å². The lowest BCUT2D eigenvalue weighted by molar-refractivity contribution is -0.141. The highest BCUT2D eigenvalue weighted by Gasteiger charge is 2.35. The summed E-state index contributed by atoms with van der Waals surface area (Å²) in [6, 6.07) is 2.64. The first-order valence-electron chi connectivity index (χ1n) is 7.13. The first-order valence-corrected chi connectivity index (χ1v) is 7.90. The van der Waals surface area contributed by atoms with Crippen molar-refractivity contribution < 1.29 is 23.1 Å². The Balaban J connectivity index is 1.78. The predicted molar refractivity (Wildman–Crippen MR) is 80.6 cm³/mol. The number of nitrogens with zero attached hydrogens (tertiary/aromatic N) is 4. The van der Waals surface area contributed by atoms with Crippen molar-refractivity contribution in [3.63, 3.8) is 0 Å². The normalized spacial score (nSPS) is 15.5. The lowest BCUT2D eigenvalue weighted by atomic mass is 10.3. The van der Waals surface area contributed by atoms with Gasteiger partial charge >= 0.3 is 12.1 Å². The van der Waals surface area contributed by atoms with Crippen LogP contribution in [0.5, 0.6) is 0 Å². The van der Waals surface area contributed by atoms with Crippen LogP contribution in [0.3, 0.4) is 0 Å². The van der Waals surface area contributed by atoms with Gasteiger partial charge in [0.2, 0.25) is 0 Å². The molecule has 24 heavy (non-hydrogen) atoms. The summed E-state index contributed by atoms with van der Waals surface area (Å²) in [7, 11) is 1.67. The van der Waals surface area contributed by atoms with Crippen LogP contribution in [0.15, 0.2) is 17.0 Å². The predicted octanol–water partition coefficient (Wildman–Crippen LogP) is 2.77. The summed E-state index contributed by atoms with van der Waals surface area (Å²) in [5, 5.41) is 12.8. The summed E-state index contributed by atoms with van der Waals surface area (Å²) >= 11 is 1.35. The zero-order chi connectivity index (χ0) is 17.6. The lowest BCUT2D eigenvalue weighted by Gasteiger charge is -2.26. The highest BCUT2D eigenvalue weighted by atomic mass is 32.2. The van der Waals surface area contributed by atoms with Crippen molar-refractivity contribution in [1.82, 2.24) is 18.7 Å². The van der Waals surface area contributed by atoms with Crippen LogP contribution in [0.4, 0.5) is 13.2 Å². The van der Waals surface area contributed by atoms with Gasteiger partial charge in [-0.2, -0.15) is 18.3 Å². The molecule has 3 rings (SSSR count). The molecule has 0 aromatic carbocycles. The number of hydrogen-bond donors (Lipinski definition) is 1. The number of aromatic carboxylic acids is 1. The number of hydrogen-bond acceptors (Lipinski definition) is 4. The van der Waals surface area contributed by atoms with Crippen molar-refractivity contribution in [3.05, 3.63) is 34.9 Å². The minimum Gasteiger partial charge on any atom is -0.477 e. The van der Waals surface area contributed by atoms with E-state index >= 15 is 0 Å². The number of aromatic nitrogens is 3. The molecule has 2 aromatic rings. The molecule has 0 saturated heterocycles. The van der Waals surface area contributed by atoms with Gasteiger partial charge in [0.15, 0.2) is 5.69 Å². The Hall–Kier alpha value is -1.94. The van der Waals surface area contributed by atoms with E-state index in [4.69, 9.17) is 5.11 Å². The zero-order valence-electron chi connectivity index (χ0n) is 13.0. The van der Waals surface area contributed by atoms with E-state index in [0.717, 1.165) is 16.7 Å². The van der Waals surface area contributed by atoms with Gasteiger partial charge < -0.3 is 9.67 Å². The molecule has 1 aliphatic rings. The first-order chi connectivity index (χ1) is 11.2. The minimum atomic E-state index is -4.45. The van der Waals surface area contributed by atoms with Gasteiger partial charge in [0, 0.05) is 24.2 Å². The van der Waals surface area contributed by atoms with Crippen LogP contribution in [0.2, 0.25) is 0 Å². The average Bonchev–Trinajstić information content (AvgIpc) is 3.03.